The van der Waals surface area contributed by atoms with Crippen LogP contribution in [0.25, 0.3) is 0 Å². The van der Waals surface area contributed by atoms with Gasteiger partial charge in [0.2, 0.25) is 5.60 Å². The quantitative estimate of drug-likeness (QED) is 0.161. The van der Waals surface area contributed by atoms with Crippen LogP contribution in [0.4, 0.5) is 5.69 Å². The number of aryl methyl sites for hydroxylation is 2. The molecule has 4 rings (SSSR count). The molecule has 0 fully saturated rings. The molecule has 1 N–H and O–H groups in total. The highest BCUT2D eigenvalue weighted by molar-refractivity contribution is 5.89. The van der Waals surface area contributed by atoms with E-state index >= 15 is 0 Å². The normalized spacial score (nSPS) is 19.7. The van der Waals surface area contributed by atoms with E-state index in [4.69, 9.17) is 14.2 Å². The third kappa shape index (κ3) is 6.93. The molecule has 2 aliphatic rings. The molecule has 2 aromatic carbocycles. The average molecular weight is 592 g/mol. The molecule has 0 amide bonds. The number of benzene rings is 2. The fraction of sp³-hybridized carbons (Fsp3) is 0.556. The minimum atomic E-state index is -2.22. The molecule has 1 aliphatic carbocycles. The van der Waals surface area contributed by atoms with Crippen molar-refractivity contribution in [2.45, 2.75) is 89.6 Å². The van der Waals surface area contributed by atoms with Crippen LogP contribution in [-0.2, 0) is 36.5 Å². The van der Waals surface area contributed by atoms with Crippen molar-refractivity contribution in [2.75, 3.05) is 38.3 Å². The molecule has 7 heteroatoms. The lowest BCUT2D eigenvalue weighted by atomic mass is 9.69. The Hall–Kier alpha value is -3.32. The third-order valence-corrected chi connectivity index (χ3v) is 9.23. The van der Waals surface area contributed by atoms with Gasteiger partial charge in [0.1, 0.15) is 5.75 Å². The third-order valence-electron chi connectivity index (χ3n) is 9.23. The molecule has 43 heavy (non-hydrogen) atoms. The van der Waals surface area contributed by atoms with Gasteiger partial charge in [-0.15, -0.1) is 6.58 Å². The molecular formula is C36H49NO6. The summed E-state index contributed by atoms with van der Waals surface area (Å²) in [4.78, 5) is 28.5. The van der Waals surface area contributed by atoms with Crippen molar-refractivity contribution in [3.8, 4) is 5.75 Å². The molecule has 0 saturated carbocycles. The first-order valence-corrected chi connectivity index (χ1v) is 15.9. The van der Waals surface area contributed by atoms with Crippen LogP contribution in [-0.4, -0.2) is 50.5 Å². The van der Waals surface area contributed by atoms with E-state index in [0.717, 1.165) is 70.1 Å². The predicted molar refractivity (Wildman–Crippen MR) is 170 cm³/mol. The summed E-state index contributed by atoms with van der Waals surface area (Å²) in [7, 11) is 1.22. The number of hydrogen-bond acceptors (Lipinski definition) is 7. The first kappa shape index (κ1) is 32.6. The lowest BCUT2D eigenvalue weighted by Gasteiger charge is -2.41. The number of carbonyl (C=O) groups is 2. The first-order chi connectivity index (χ1) is 20.7. The molecule has 234 valence electrons. The van der Waals surface area contributed by atoms with Crippen molar-refractivity contribution in [1.82, 2.24) is 0 Å². The first-order valence-electron chi connectivity index (χ1n) is 15.9. The summed E-state index contributed by atoms with van der Waals surface area (Å²) < 4.78 is 17.1. The van der Waals surface area contributed by atoms with Crippen molar-refractivity contribution in [2.24, 2.45) is 5.92 Å². The maximum Gasteiger partial charge on any atom is 0.343 e. The highest BCUT2D eigenvalue weighted by Crippen LogP contribution is 2.45. The van der Waals surface area contributed by atoms with Gasteiger partial charge in [0.25, 0.3) is 0 Å². The molecular weight excluding hydrogens is 542 g/mol. The summed E-state index contributed by atoms with van der Waals surface area (Å²) in [6, 6.07) is 12.1. The van der Waals surface area contributed by atoms with E-state index in [1.807, 2.05) is 25.1 Å². The van der Waals surface area contributed by atoms with Crippen LogP contribution in [0.1, 0.15) is 87.5 Å². The molecule has 0 radical (unpaired) electrons. The van der Waals surface area contributed by atoms with Gasteiger partial charge in [-0.2, -0.15) is 0 Å². The number of carbonyl (C=O) groups excluding carboxylic acids is 2. The summed E-state index contributed by atoms with van der Waals surface area (Å²) in [6.07, 6.45) is 10.8. The summed E-state index contributed by atoms with van der Waals surface area (Å²) >= 11 is 0. The standard InChI is InChI=1S/C36H49NO6/c1-6-8-10-11-12-20-37-24-35(19-13-14-28-22-26(3)15-17-30(28)35)25-43-32-18-16-29(23-31(32)37)36(40,34(39)41-5)27(4)33(38)42-21-9-7-2/h6,15-18,22-23,27,40H,1,7-14,19-21,24-25H2,2-5H3/t27-,35-,36-/m0/s1. The summed E-state index contributed by atoms with van der Waals surface area (Å²) in [5.41, 5.74) is 2.70. The van der Waals surface area contributed by atoms with Crippen molar-refractivity contribution >= 4 is 17.6 Å². The Labute approximate surface area is 257 Å². The maximum absolute atomic E-state index is 13.2. The van der Waals surface area contributed by atoms with Gasteiger partial charge in [0.15, 0.2) is 0 Å². The number of nitrogens with zero attached hydrogens (tertiary/aromatic N) is 1. The second-order valence-corrected chi connectivity index (χ2v) is 12.3. The van der Waals surface area contributed by atoms with Crippen LogP contribution < -0.4 is 9.64 Å². The van der Waals surface area contributed by atoms with Crippen LogP contribution in [0.15, 0.2) is 49.1 Å². The van der Waals surface area contributed by atoms with E-state index in [1.54, 1.807) is 6.07 Å². The second kappa shape index (κ2) is 14.4. The average Bonchev–Trinajstić information content (AvgIpc) is 3.16. The van der Waals surface area contributed by atoms with Crippen LogP contribution >= 0.6 is 0 Å². The number of hydrogen-bond donors (Lipinski definition) is 1. The number of fused-ring (bicyclic) bond motifs is 3. The predicted octanol–water partition coefficient (Wildman–Crippen LogP) is 6.55. The Kier molecular flexibility index (Phi) is 10.9. The fourth-order valence-corrected chi connectivity index (χ4v) is 6.63. The Morgan fingerprint density at radius 1 is 1.19 bits per heavy atom. The number of anilines is 1. The SMILES string of the molecule is C=CCCCCCN1C[C@@]2(CCCc3cc(C)ccc32)COc2ccc([C@](O)(C(=O)OC)[C@@H](C)C(=O)OCCCC)cc21. The van der Waals surface area contributed by atoms with Crippen molar-refractivity contribution in [1.29, 1.82) is 0 Å². The summed E-state index contributed by atoms with van der Waals surface area (Å²) in [5.74, 6) is -2.00. The van der Waals surface area contributed by atoms with Gasteiger partial charge in [-0.3, -0.25) is 4.79 Å². The van der Waals surface area contributed by atoms with Gasteiger partial charge in [0.05, 0.1) is 31.9 Å². The van der Waals surface area contributed by atoms with Crippen molar-refractivity contribution < 1.29 is 28.9 Å². The van der Waals surface area contributed by atoms with Crippen LogP contribution in [0.2, 0.25) is 0 Å². The minimum Gasteiger partial charge on any atom is -0.490 e. The molecule has 0 bridgehead atoms. The van der Waals surface area contributed by atoms with Crippen molar-refractivity contribution in [3.05, 3.63) is 71.3 Å². The minimum absolute atomic E-state index is 0.184. The fourth-order valence-electron chi connectivity index (χ4n) is 6.63. The van der Waals surface area contributed by atoms with Gasteiger partial charge in [-0.1, -0.05) is 55.7 Å². The maximum atomic E-state index is 13.2. The van der Waals surface area contributed by atoms with Crippen LogP contribution in [0.5, 0.6) is 5.75 Å². The number of unbranched alkanes of at least 4 members (excludes halogenated alkanes) is 4. The van der Waals surface area contributed by atoms with E-state index in [-0.39, 0.29) is 17.6 Å². The molecule has 3 atom stereocenters. The Morgan fingerprint density at radius 2 is 2.00 bits per heavy atom. The molecule has 1 spiro atoms. The van der Waals surface area contributed by atoms with Crippen LogP contribution in [0.3, 0.4) is 0 Å². The van der Waals surface area contributed by atoms with E-state index in [0.29, 0.717) is 18.8 Å². The number of methoxy groups -OCH3 is 1. The summed E-state index contributed by atoms with van der Waals surface area (Å²) in [6.45, 7) is 11.8. The van der Waals surface area contributed by atoms with Gasteiger partial charge < -0.3 is 24.2 Å². The lowest BCUT2D eigenvalue weighted by Crippen LogP contribution is -2.47. The molecule has 7 nitrogen and oxygen atoms in total. The number of esters is 2. The Morgan fingerprint density at radius 3 is 2.74 bits per heavy atom. The molecule has 0 saturated heterocycles. The Balaban J connectivity index is 1.74. The monoisotopic (exact) mass is 591 g/mol. The largest absolute Gasteiger partial charge is 0.490 e. The van der Waals surface area contributed by atoms with Gasteiger partial charge >= 0.3 is 11.9 Å². The van der Waals surface area contributed by atoms with Gasteiger partial charge in [-0.25, -0.2) is 4.79 Å². The van der Waals surface area contributed by atoms with Crippen LogP contribution in [0, 0.1) is 12.8 Å². The zero-order chi connectivity index (χ0) is 31.0. The zero-order valence-corrected chi connectivity index (χ0v) is 26.5. The number of allylic oxidation sites excluding steroid dienone is 1. The smallest absolute Gasteiger partial charge is 0.343 e. The number of aliphatic hydroxyl groups is 1. The second-order valence-electron chi connectivity index (χ2n) is 12.3. The highest BCUT2D eigenvalue weighted by Gasteiger charge is 2.50. The summed E-state index contributed by atoms with van der Waals surface area (Å²) in [5, 5.41) is 11.9. The van der Waals surface area contributed by atoms with E-state index in [1.165, 1.54) is 30.7 Å². The molecule has 0 unspecified atom stereocenters. The zero-order valence-electron chi connectivity index (χ0n) is 26.5. The topological polar surface area (TPSA) is 85.3 Å². The molecule has 2 aromatic rings. The lowest BCUT2D eigenvalue weighted by molar-refractivity contribution is -0.180. The number of ether oxygens (including phenoxy) is 3. The van der Waals surface area contributed by atoms with Gasteiger partial charge in [0, 0.05) is 18.5 Å². The van der Waals surface area contributed by atoms with E-state index < -0.39 is 23.5 Å². The highest BCUT2D eigenvalue weighted by atomic mass is 16.5. The van der Waals surface area contributed by atoms with Crippen molar-refractivity contribution in [3.63, 3.8) is 0 Å². The molecule has 1 heterocycles. The van der Waals surface area contributed by atoms with Gasteiger partial charge in [-0.05, 0) is 87.6 Å². The van der Waals surface area contributed by atoms with E-state index in [2.05, 4.69) is 36.6 Å². The van der Waals surface area contributed by atoms with E-state index in [9.17, 15) is 14.7 Å². The number of rotatable bonds is 13. The molecule has 0 aromatic heterocycles. The molecule has 1 aliphatic heterocycles. The Bertz CT molecular complexity index is 1290.